The predicted octanol–water partition coefficient (Wildman–Crippen LogP) is 2.15. The fraction of sp³-hybridized carbons (Fsp3) is 0.625. The molecule has 0 radical (unpaired) electrons. The second-order valence-electron chi connectivity index (χ2n) is 6.31. The van der Waals surface area contributed by atoms with Crippen LogP contribution in [-0.2, 0) is 18.3 Å². The van der Waals surface area contributed by atoms with Crippen molar-refractivity contribution in [3.05, 3.63) is 36.1 Å². The Morgan fingerprint density at radius 2 is 2.23 bits per heavy atom. The average Bonchev–Trinajstić information content (AvgIpc) is 2.91. The molecule has 0 bridgehead atoms. The largest absolute Gasteiger partial charge is 0.444 e. The van der Waals surface area contributed by atoms with Crippen LogP contribution in [0.15, 0.2) is 23.0 Å². The minimum Gasteiger partial charge on any atom is -0.444 e. The summed E-state index contributed by atoms with van der Waals surface area (Å²) in [6.07, 6.45) is 9.24. The molecule has 2 aromatic rings. The Balaban J connectivity index is 1.31. The van der Waals surface area contributed by atoms with Gasteiger partial charge in [-0.3, -0.25) is 0 Å². The van der Waals surface area contributed by atoms with E-state index in [2.05, 4.69) is 15.3 Å². The van der Waals surface area contributed by atoms with Crippen molar-refractivity contribution in [3.8, 4) is 0 Å². The molecule has 1 aliphatic heterocycles. The summed E-state index contributed by atoms with van der Waals surface area (Å²) in [6.45, 7) is 2.43. The zero-order valence-electron chi connectivity index (χ0n) is 12.9. The number of aromatic nitrogens is 3. The lowest BCUT2D eigenvalue weighted by Crippen LogP contribution is -2.25. The van der Waals surface area contributed by atoms with E-state index in [1.54, 1.807) is 0 Å². The summed E-state index contributed by atoms with van der Waals surface area (Å²) in [5.74, 6) is 3.87. The topological polar surface area (TPSA) is 65.1 Å². The Morgan fingerprint density at radius 1 is 1.32 bits per heavy atom. The first-order valence-corrected chi connectivity index (χ1v) is 8.05. The molecule has 0 aromatic carbocycles. The fourth-order valence-corrected chi connectivity index (χ4v) is 3.08. The van der Waals surface area contributed by atoms with Gasteiger partial charge in [0.1, 0.15) is 17.7 Å². The first-order valence-electron chi connectivity index (χ1n) is 8.05. The fourth-order valence-electron chi connectivity index (χ4n) is 3.08. The third kappa shape index (κ3) is 2.80. The molecule has 1 saturated heterocycles. The van der Waals surface area contributed by atoms with Gasteiger partial charge in [0, 0.05) is 44.4 Å². The third-order valence-corrected chi connectivity index (χ3v) is 4.53. The number of rotatable bonds is 6. The van der Waals surface area contributed by atoms with Gasteiger partial charge < -0.3 is 19.0 Å². The molecule has 3 heterocycles. The smallest absolute Gasteiger partial charge is 0.197 e. The van der Waals surface area contributed by atoms with Crippen molar-refractivity contribution in [2.24, 2.45) is 13.0 Å². The van der Waals surface area contributed by atoms with Gasteiger partial charge in [0.15, 0.2) is 5.89 Å². The van der Waals surface area contributed by atoms with Crippen LogP contribution in [0.5, 0.6) is 0 Å². The highest BCUT2D eigenvalue weighted by atomic mass is 16.5. The second-order valence-corrected chi connectivity index (χ2v) is 6.31. The maximum Gasteiger partial charge on any atom is 0.197 e. The van der Waals surface area contributed by atoms with Gasteiger partial charge in [-0.05, 0) is 19.3 Å². The average molecular weight is 302 g/mol. The molecular weight excluding hydrogens is 280 g/mol. The number of hydrogen-bond donors (Lipinski definition) is 1. The Morgan fingerprint density at radius 3 is 3.00 bits per heavy atom. The molecular formula is C16H22N4O2. The summed E-state index contributed by atoms with van der Waals surface area (Å²) in [4.78, 5) is 8.78. The van der Waals surface area contributed by atoms with Crippen molar-refractivity contribution >= 4 is 0 Å². The van der Waals surface area contributed by atoms with Gasteiger partial charge in [-0.2, -0.15) is 0 Å². The van der Waals surface area contributed by atoms with Crippen LogP contribution in [0.2, 0.25) is 0 Å². The molecule has 1 aliphatic carbocycles. The summed E-state index contributed by atoms with van der Waals surface area (Å²) in [7, 11) is 2.02. The van der Waals surface area contributed by atoms with Crippen LogP contribution < -0.4 is 5.32 Å². The van der Waals surface area contributed by atoms with Crippen LogP contribution in [0.25, 0.3) is 0 Å². The third-order valence-electron chi connectivity index (χ3n) is 4.53. The Hall–Kier alpha value is -1.66. The molecule has 6 nitrogen and oxygen atoms in total. The van der Waals surface area contributed by atoms with Crippen LogP contribution in [-0.4, -0.2) is 27.7 Å². The van der Waals surface area contributed by atoms with E-state index < -0.39 is 0 Å². The molecule has 1 N–H and O–H groups in total. The lowest BCUT2D eigenvalue weighted by molar-refractivity contribution is 0.0809. The Bertz CT molecular complexity index is 632. The lowest BCUT2D eigenvalue weighted by atomic mass is 10.0. The van der Waals surface area contributed by atoms with E-state index in [9.17, 15) is 0 Å². The van der Waals surface area contributed by atoms with Crippen molar-refractivity contribution in [3.63, 3.8) is 0 Å². The van der Waals surface area contributed by atoms with Crippen molar-refractivity contribution in [2.45, 2.75) is 37.8 Å². The molecule has 6 heteroatoms. The van der Waals surface area contributed by atoms with Crippen molar-refractivity contribution in [2.75, 3.05) is 13.2 Å². The molecule has 0 amide bonds. The normalized spacial score (nSPS) is 25.0. The standard InChI is InChI=1S/C16H22N4O2/c1-20-6-5-18-15(20)14-12(4-7-21-14)8-17-9-13-10-19-16(22-13)11-2-3-11/h5-6,10-12,14,17H,2-4,7-9H2,1H3/t12-,14+/m0/s1. The zero-order chi connectivity index (χ0) is 14.9. The number of nitrogens with one attached hydrogen (secondary N) is 1. The predicted molar refractivity (Wildman–Crippen MR) is 80.2 cm³/mol. The molecule has 118 valence electrons. The van der Waals surface area contributed by atoms with Gasteiger partial charge in [-0.25, -0.2) is 9.97 Å². The van der Waals surface area contributed by atoms with Crippen molar-refractivity contribution < 1.29 is 9.15 Å². The highest BCUT2D eigenvalue weighted by Gasteiger charge is 2.32. The van der Waals surface area contributed by atoms with E-state index in [1.165, 1.54) is 12.8 Å². The summed E-state index contributed by atoms with van der Waals surface area (Å²) >= 11 is 0. The highest BCUT2D eigenvalue weighted by Crippen LogP contribution is 2.39. The monoisotopic (exact) mass is 302 g/mol. The summed E-state index contributed by atoms with van der Waals surface area (Å²) in [6, 6.07) is 0. The molecule has 1 saturated carbocycles. The maximum atomic E-state index is 5.88. The van der Waals surface area contributed by atoms with Gasteiger partial charge >= 0.3 is 0 Å². The lowest BCUT2D eigenvalue weighted by Gasteiger charge is -2.18. The van der Waals surface area contributed by atoms with Gasteiger partial charge in [0.25, 0.3) is 0 Å². The SMILES string of the molecule is Cn1ccnc1[C@@H]1OCC[C@H]1CNCc1cnc(C2CC2)o1. The number of oxazole rings is 1. The summed E-state index contributed by atoms with van der Waals surface area (Å²) in [5, 5.41) is 3.48. The number of hydrogen-bond acceptors (Lipinski definition) is 5. The molecule has 2 aromatic heterocycles. The first-order chi connectivity index (χ1) is 10.8. The van der Waals surface area contributed by atoms with E-state index in [0.717, 1.165) is 43.6 Å². The zero-order valence-corrected chi connectivity index (χ0v) is 12.9. The van der Waals surface area contributed by atoms with Crippen LogP contribution in [0.4, 0.5) is 0 Å². The van der Waals surface area contributed by atoms with Gasteiger partial charge in [0.2, 0.25) is 0 Å². The minimum absolute atomic E-state index is 0.0873. The van der Waals surface area contributed by atoms with E-state index in [4.69, 9.17) is 9.15 Å². The molecule has 2 aliphatic rings. The second kappa shape index (κ2) is 5.85. The number of ether oxygens (including phenoxy) is 1. The molecule has 22 heavy (non-hydrogen) atoms. The van der Waals surface area contributed by atoms with E-state index in [1.807, 2.05) is 30.2 Å². The Labute approximate surface area is 129 Å². The van der Waals surface area contributed by atoms with E-state index in [-0.39, 0.29) is 6.10 Å². The van der Waals surface area contributed by atoms with Crippen LogP contribution in [0.1, 0.15) is 48.8 Å². The molecule has 2 fully saturated rings. The Kier molecular flexibility index (Phi) is 3.72. The van der Waals surface area contributed by atoms with Gasteiger partial charge in [0.05, 0.1) is 12.7 Å². The van der Waals surface area contributed by atoms with Crippen LogP contribution in [0.3, 0.4) is 0 Å². The minimum atomic E-state index is 0.0873. The molecule has 0 unspecified atom stereocenters. The first kappa shape index (κ1) is 14.0. The van der Waals surface area contributed by atoms with E-state index >= 15 is 0 Å². The molecule has 2 atom stereocenters. The number of aryl methyl sites for hydroxylation is 1. The van der Waals surface area contributed by atoms with Crippen LogP contribution in [0, 0.1) is 5.92 Å². The molecule has 0 spiro atoms. The van der Waals surface area contributed by atoms with Gasteiger partial charge in [-0.15, -0.1) is 0 Å². The number of imidazole rings is 1. The highest BCUT2D eigenvalue weighted by molar-refractivity contribution is 5.05. The summed E-state index contributed by atoms with van der Waals surface area (Å²) < 4.78 is 13.7. The van der Waals surface area contributed by atoms with Crippen LogP contribution >= 0.6 is 0 Å². The van der Waals surface area contributed by atoms with Crippen molar-refractivity contribution in [1.82, 2.24) is 19.9 Å². The number of nitrogens with zero attached hydrogens (tertiary/aromatic N) is 3. The van der Waals surface area contributed by atoms with Gasteiger partial charge in [-0.1, -0.05) is 0 Å². The van der Waals surface area contributed by atoms with Crippen molar-refractivity contribution in [1.29, 1.82) is 0 Å². The quantitative estimate of drug-likeness (QED) is 0.886. The maximum absolute atomic E-state index is 5.88. The molecule has 4 rings (SSSR count). The summed E-state index contributed by atoms with van der Waals surface area (Å²) in [5.41, 5.74) is 0. The van der Waals surface area contributed by atoms with E-state index in [0.29, 0.717) is 11.8 Å².